The van der Waals surface area contributed by atoms with Gasteiger partial charge in [0.15, 0.2) is 0 Å². The number of aryl methyl sites for hydroxylation is 1. The van der Waals surface area contributed by atoms with Crippen molar-refractivity contribution in [1.29, 1.82) is 0 Å². The first-order chi connectivity index (χ1) is 18.9. The molecule has 11 heteroatoms. The van der Waals surface area contributed by atoms with E-state index in [-0.39, 0.29) is 33.1 Å². The fourth-order valence-electron chi connectivity index (χ4n) is 3.91. The van der Waals surface area contributed by atoms with Gasteiger partial charge in [0.25, 0.3) is 10.0 Å². The predicted octanol–water partition coefficient (Wildman–Crippen LogP) is 6.48. The Bertz CT molecular complexity index is 1430. The van der Waals surface area contributed by atoms with Gasteiger partial charge in [-0.25, -0.2) is 8.42 Å². The molecule has 2 amide bonds. The van der Waals surface area contributed by atoms with Gasteiger partial charge in [-0.15, -0.1) is 0 Å². The summed E-state index contributed by atoms with van der Waals surface area (Å²) < 4.78 is 28.7. The Morgan fingerprint density at radius 2 is 1.57 bits per heavy atom. The highest BCUT2D eigenvalue weighted by atomic mass is 35.5. The number of halogens is 3. The van der Waals surface area contributed by atoms with Crippen LogP contribution in [-0.2, 0) is 26.2 Å². The lowest BCUT2D eigenvalue weighted by atomic mass is 10.1. The van der Waals surface area contributed by atoms with E-state index in [9.17, 15) is 18.0 Å². The van der Waals surface area contributed by atoms with Crippen molar-refractivity contribution >= 4 is 62.3 Å². The molecular weight excluding hydrogens is 593 g/mol. The second-order valence-corrected chi connectivity index (χ2v) is 12.5. The molecule has 214 valence electrons. The van der Waals surface area contributed by atoms with Crippen molar-refractivity contribution < 1.29 is 18.0 Å². The number of anilines is 1. The first-order valence-electron chi connectivity index (χ1n) is 12.8. The largest absolute Gasteiger partial charge is 0.354 e. The third kappa shape index (κ3) is 8.13. The van der Waals surface area contributed by atoms with Gasteiger partial charge in [-0.1, -0.05) is 78.0 Å². The Kier molecular flexibility index (Phi) is 11.3. The summed E-state index contributed by atoms with van der Waals surface area (Å²) in [6.45, 7) is 5.44. The number of nitrogens with one attached hydrogen (secondary N) is 1. The molecule has 0 bridgehead atoms. The molecule has 0 heterocycles. The van der Waals surface area contributed by atoms with Gasteiger partial charge in [0.05, 0.1) is 20.6 Å². The summed E-state index contributed by atoms with van der Waals surface area (Å²) in [5.41, 5.74) is 1.77. The number of carbonyl (C=O) groups excluding carboxylic acids is 2. The van der Waals surface area contributed by atoms with E-state index in [1.165, 1.54) is 35.2 Å². The van der Waals surface area contributed by atoms with Gasteiger partial charge in [-0.05, 0) is 68.3 Å². The van der Waals surface area contributed by atoms with E-state index >= 15 is 0 Å². The number of sulfonamides is 1. The fourth-order valence-corrected chi connectivity index (χ4v) is 5.74. The van der Waals surface area contributed by atoms with Gasteiger partial charge >= 0.3 is 0 Å². The van der Waals surface area contributed by atoms with Gasteiger partial charge in [-0.2, -0.15) is 0 Å². The maximum atomic E-state index is 13.9. The van der Waals surface area contributed by atoms with Gasteiger partial charge < -0.3 is 10.2 Å². The minimum absolute atomic E-state index is 0.00609. The quantitative estimate of drug-likeness (QED) is 0.234. The second-order valence-electron chi connectivity index (χ2n) is 9.39. The molecule has 1 unspecified atom stereocenters. The lowest BCUT2D eigenvalue weighted by Gasteiger charge is -2.32. The van der Waals surface area contributed by atoms with Crippen LogP contribution in [0.1, 0.15) is 37.8 Å². The van der Waals surface area contributed by atoms with Crippen LogP contribution in [0.15, 0.2) is 71.6 Å². The number of hydrogen-bond donors (Lipinski definition) is 1. The highest BCUT2D eigenvalue weighted by Crippen LogP contribution is 2.31. The molecule has 0 fully saturated rings. The van der Waals surface area contributed by atoms with E-state index in [1.807, 2.05) is 13.8 Å². The van der Waals surface area contributed by atoms with Crippen LogP contribution in [0.3, 0.4) is 0 Å². The standard InChI is InChI=1S/C29H32Cl3N3O4S/c1-4-5-16-33-29(37)21(3)34(18-22-8-10-23(30)11-9-22)28(36)19-35(24-12-15-26(31)27(32)17-24)40(38,39)25-13-6-20(2)7-14-25/h6-15,17,21H,4-5,16,18-19H2,1-3H3,(H,33,37). The van der Waals surface area contributed by atoms with Crippen LogP contribution in [0.2, 0.25) is 15.1 Å². The fraction of sp³-hybridized carbons (Fsp3) is 0.310. The predicted molar refractivity (Wildman–Crippen MR) is 162 cm³/mol. The summed E-state index contributed by atoms with van der Waals surface area (Å²) in [6.07, 6.45) is 1.70. The Morgan fingerprint density at radius 3 is 2.17 bits per heavy atom. The van der Waals surface area contributed by atoms with Crippen molar-refractivity contribution in [3.8, 4) is 0 Å². The third-order valence-electron chi connectivity index (χ3n) is 6.34. The van der Waals surface area contributed by atoms with E-state index in [2.05, 4.69) is 5.32 Å². The molecule has 0 aliphatic heterocycles. The summed E-state index contributed by atoms with van der Waals surface area (Å²) in [5.74, 6) is -0.909. The van der Waals surface area contributed by atoms with Crippen LogP contribution < -0.4 is 9.62 Å². The third-order valence-corrected chi connectivity index (χ3v) is 9.12. The topological polar surface area (TPSA) is 86.8 Å². The van der Waals surface area contributed by atoms with Crippen molar-refractivity contribution in [1.82, 2.24) is 10.2 Å². The smallest absolute Gasteiger partial charge is 0.264 e. The molecule has 3 aromatic rings. The van der Waals surface area contributed by atoms with E-state index in [4.69, 9.17) is 34.8 Å². The molecule has 1 N–H and O–H groups in total. The minimum Gasteiger partial charge on any atom is -0.354 e. The van der Waals surface area contributed by atoms with Crippen LogP contribution in [-0.4, -0.2) is 44.3 Å². The van der Waals surface area contributed by atoms with Crippen LogP contribution in [0, 0.1) is 6.92 Å². The SMILES string of the molecule is CCCCNC(=O)C(C)N(Cc1ccc(Cl)cc1)C(=O)CN(c1ccc(Cl)c(Cl)c1)S(=O)(=O)c1ccc(C)cc1. The highest BCUT2D eigenvalue weighted by Gasteiger charge is 2.32. The van der Waals surface area contributed by atoms with Crippen molar-refractivity contribution in [3.63, 3.8) is 0 Å². The number of carbonyl (C=O) groups is 2. The number of unbranched alkanes of at least 4 members (excludes halogenated alkanes) is 1. The number of amides is 2. The number of hydrogen-bond acceptors (Lipinski definition) is 4. The molecule has 40 heavy (non-hydrogen) atoms. The number of benzene rings is 3. The monoisotopic (exact) mass is 623 g/mol. The summed E-state index contributed by atoms with van der Waals surface area (Å²) >= 11 is 18.4. The Hall–Kier alpha value is -2.78. The second kappa shape index (κ2) is 14.2. The molecule has 0 aromatic heterocycles. The summed E-state index contributed by atoms with van der Waals surface area (Å²) in [5, 5.41) is 3.76. The molecule has 3 rings (SSSR count). The first-order valence-corrected chi connectivity index (χ1v) is 15.4. The Balaban J connectivity index is 2.02. The van der Waals surface area contributed by atoms with Crippen molar-refractivity contribution in [2.24, 2.45) is 0 Å². The molecule has 0 aliphatic rings. The number of rotatable bonds is 12. The summed E-state index contributed by atoms with van der Waals surface area (Å²) in [4.78, 5) is 28.3. The average molecular weight is 625 g/mol. The van der Waals surface area contributed by atoms with Crippen molar-refractivity contribution in [2.75, 3.05) is 17.4 Å². The maximum absolute atomic E-state index is 13.9. The molecule has 1 atom stereocenters. The van der Waals surface area contributed by atoms with E-state index < -0.39 is 28.5 Å². The van der Waals surface area contributed by atoms with Gasteiger partial charge in [0, 0.05) is 18.1 Å². The zero-order valence-electron chi connectivity index (χ0n) is 22.5. The van der Waals surface area contributed by atoms with Crippen LogP contribution in [0.4, 0.5) is 5.69 Å². The molecule has 7 nitrogen and oxygen atoms in total. The van der Waals surface area contributed by atoms with Crippen molar-refractivity contribution in [3.05, 3.63) is 92.9 Å². The average Bonchev–Trinajstić information content (AvgIpc) is 2.92. The zero-order valence-corrected chi connectivity index (χ0v) is 25.6. The Labute approximate surface area is 251 Å². The lowest BCUT2D eigenvalue weighted by molar-refractivity contribution is -0.139. The summed E-state index contributed by atoms with van der Waals surface area (Å²) in [7, 11) is -4.20. The van der Waals surface area contributed by atoms with Gasteiger partial charge in [0.1, 0.15) is 12.6 Å². The maximum Gasteiger partial charge on any atom is 0.264 e. The molecule has 0 saturated carbocycles. The van der Waals surface area contributed by atoms with E-state index in [1.54, 1.807) is 43.3 Å². The van der Waals surface area contributed by atoms with E-state index in [0.29, 0.717) is 11.6 Å². The molecule has 0 radical (unpaired) electrons. The first kappa shape index (κ1) is 31.7. The van der Waals surface area contributed by atoms with Crippen LogP contribution >= 0.6 is 34.8 Å². The molecule has 0 saturated heterocycles. The van der Waals surface area contributed by atoms with Crippen LogP contribution in [0.5, 0.6) is 0 Å². The van der Waals surface area contributed by atoms with Crippen molar-refractivity contribution in [2.45, 2.75) is 51.1 Å². The molecule has 0 spiro atoms. The molecule has 3 aromatic carbocycles. The summed E-state index contributed by atoms with van der Waals surface area (Å²) in [6, 6.07) is 16.7. The van der Waals surface area contributed by atoms with Crippen LogP contribution in [0.25, 0.3) is 0 Å². The number of nitrogens with zero attached hydrogens (tertiary/aromatic N) is 2. The van der Waals surface area contributed by atoms with E-state index in [0.717, 1.165) is 28.3 Å². The normalized spacial score (nSPS) is 12.1. The Morgan fingerprint density at radius 1 is 0.925 bits per heavy atom. The van der Waals surface area contributed by atoms with Gasteiger partial charge in [-0.3, -0.25) is 13.9 Å². The molecular formula is C29H32Cl3N3O4S. The minimum atomic E-state index is -4.20. The van der Waals surface area contributed by atoms with Gasteiger partial charge in [0.2, 0.25) is 11.8 Å². The highest BCUT2D eigenvalue weighted by molar-refractivity contribution is 7.92. The lowest BCUT2D eigenvalue weighted by Crippen LogP contribution is -2.51. The zero-order chi connectivity index (χ0) is 29.4. The molecule has 0 aliphatic carbocycles.